The van der Waals surface area contributed by atoms with Gasteiger partial charge in [0.25, 0.3) is 5.91 Å². The van der Waals surface area contributed by atoms with Crippen LogP contribution < -0.4 is 15.4 Å². The number of piperazine rings is 1. The van der Waals surface area contributed by atoms with Gasteiger partial charge in [-0.15, -0.1) is 0 Å². The van der Waals surface area contributed by atoms with Crippen molar-refractivity contribution in [3.8, 4) is 5.75 Å². The summed E-state index contributed by atoms with van der Waals surface area (Å²) in [4.78, 5) is 39.3. The van der Waals surface area contributed by atoms with Gasteiger partial charge in [0.1, 0.15) is 17.8 Å². The van der Waals surface area contributed by atoms with Gasteiger partial charge in [0.05, 0.1) is 12.7 Å². The van der Waals surface area contributed by atoms with Gasteiger partial charge in [-0.25, -0.2) is 8.78 Å². The summed E-state index contributed by atoms with van der Waals surface area (Å²) in [7, 11) is 1.56. The van der Waals surface area contributed by atoms with Crippen molar-refractivity contribution >= 4 is 17.7 Å². The van der Waals surface area contributed by atoms with E-state index >= 15 is 0 Å². The average Bonchev–Trinajstić information content (AvgIpc) is 3.19. The molecular formula is C22H21F2N3O4. The van der Waals surface area contributed by atoms with E-state index in [4.69, 9.17) is 4.74 Å². The summed E-state index contributed by atoms with van der Waals surface area (Å²) in [5.74, 6) is -2.99. The van der Waals surface area contributed by atoms with E-state index in [1.54, 1.807) is 19.2 Å². The van der Waals surface area contributed by atoms with Crippen LogP contribution in [0, 0.1) is 11.6 Å². The van der Waals surface area contributed by atoms with E-state index < -0.39 is 41.2 Å². The number of halogens is 2. The normalized spacial score (nSPS) is 22.7. The van der Waals surface area contributed by atoms with Gasteiger partial charge < -0.3 is 20.3 Å². The van der Waals surface area contributed by atoms with E-state index in [1.165, 1.54) is 17.0 Å². The molecule has 0 spiro atoms. The van der Waals surface area contributed by atoms with Crippen LogP contribution in [0.2, 0.25) is 0 Å². The fraction of sp³-hybridized carbons (Fsp3) is 0.318. The number of rotatable bonds is 5. The Labute approximate surface area is 177 Å². The second-order valence-electron chi connectivity index (χ2n) is 7.63. The number of benzene rings is 2. The van der Waals surface area contributed by atoms with E-state index in [-0.39, 0.29) is 24.8 Å². The second-order valence-corrected chi connectivity index (χ2v) is 7.63. The molecule has 7 nitrogen and oxygen atoms in total. The number of carbonyl (C=O) groups is 3. The molecule has 0 aliphatic carbocycles. The highest BCUT2D eigenvalue weighted by Gasteiger charge is 2.46. The van der Waals surface area contributed by atoms with Crippen LogP contribution in [0.15, 0.2) is 42.5 Å². The van der Waals surface area contributed by atoms with Crippen LogP contribution in [-0.2, 0) is 16.0 Å². The van der Waals surface area contributed by atoms with Crippen LogP contribution in [0.5, 0.6) is 5.75 Å². The Hall–Kier alpha value is -3.49. The summed E-state index contributed by atoms with van der Waals surface area (Å²) in [6.07, 6.45) is 0.527. The summed E-state index contributed by atoms with van der Waals surface area (Å²) in [5, 5.41) is 5.36. The first-order valence-corrected chi connectivity index (χ1v) is 9.86. The van der Waals surface area contributed by atoms with Crippen molar-refractivity contribution < 1.29 is 27.9 Å². The van der Waals surface area contributed by atoms with E-state index in [0.717, 1.165) is 11.6 Å². The van der Waals surface area contributed by atoms with Gasteiger partial charge in [-0.2, -0.15) is 0 Å². The lowest BCUT2D eigenvalue weighted by atomic mass is 10.0. The first-order valence-electron chi connectivity index (χ1n) is 9.86. The highest BCUT2D eigenvalue weighted by atomic mass is 19.2. The minimum atomic E-state index is -1.23. The minimum absolute atomic E-state index is 0.124. The highest BCUT2D eigenvalue weighted by molar-refractivity contribution is 5.98. The number of fused-ring (bicyclic) bond motifs is 1. The molecule has 2 N–H and O–H groups in total. The van der Waals surface area contributed by atoms with Crippen LogP contribution in [0.25, 0.3) is 0 Å². The third-order valence-electron chi connectivity index (χ3n) is 5.63. The third-order valence-corrected chi connectivity index (χ3v) is 5.63. The van der Waals surface area contributed by atoms with Gasteiger partial charge in [0.2, 0.25) is 11.8 Å². The lowest BCUT2D eigenvalue weighted by Crippen LogP contribution is -2.61. The summed E-state index contributed by atoms with van der Waals surface area (Å²) in [6, 6.07) is 8.58. The van der Waals surface area contributed by atoms with Crippen molar-refractivity contribution in [2.75, 3.05) is 13.7 Å². The molecule has 31 heavy (non-hydrogen) atoms. The number of methoxy groups -OCH3 is 1. The maximum atomic E-state index is 13.9. The zero-order valence-electron chi connectivity index (χ0n) is 16.7. The summed E-state index contributed by atoms with van der Waals surface area (Å²) >= 11 is 0. The SMILES string of the molecule is COc1ccc(C[C@@H]2NC(=O)[C@@H]3C[C@H](NC(=O)c4cccc(F)c4F)CN3C2=O)cc1. The van der Waals surface area contributed by atoms with Gasteiger partial charge in [-0.1, -0.05) is 18.2 Å². The molecule has 2 saturated heterocycles. The summed E-state index contributed by atoms with van der Waals surface area (Å²) < 4.78 is 32.4. The smallest absolute Gasteiger partial charge is 0.254 e. The maximum absolute atomic E-state index is 13.9. The van der Waals surface area contributed by atoms with Crippen LogP contribution in [0.3, 0.4) is 0 Å². The van der Waals surface area contributed by atoms with Gasteiger partial charge >= 0.3 is 0 Å². The van der Waals surface area contributed by atoms with Crippen LogP contribution in [0.1, 0.15) is 22.3 Å². The largest absolute Gasteiger partial charge is 0.497 e. The standard InChI is InChI=1S/C22H21F2N3O4/c1-31-14-7-5-12(6-8-14)9-17-22(30)27-11-13(10-18(27)21(29)26-17)25-20(28)15-3-2-4-16(23)19(15)24/h2-8,13,17-18H,9-11H2,1H3,(H,25,28)(H,26,29)/t13-,17-,18-/m0/s1. The van der Waals surface area contributed by atoms with Gasteiger partial charge in [-0.05, 0) is 36.2 Å². The zero-order chi connectivity index (χ0) is 22.1. The molecule has 4 rings (SSSR count). The number of ether oxygens (including phenoxy) is 1. The number of nitrogens with zero attached hydrogens (tertiary/aromatic N) is 1. The van der Waals surface area contributed by atoms with Crippen LogP contribution in [-0.4, -0.2) is 54.4 Å². The van der Waals surface area contributed by atoms with Crippen molar-refractivity contribution in [2.24, 2.45) is 0 Å². The molecule has 3 atom stereocenters. The van der Waals surface area contributed by atoms with E-state index in [9.17, 15) is 23.2 Å². The molecule has 162 valence electrons. The van der Waals surface area contributed by atoms with E-state index in [0.29, 0.717) is 12.2 Å². The number of nitrogens with one attached hydrogen (secondary N) is 2. The van der Waals surface area contributed by atoms with E-state index in [1.807, 2.05) is 12.1 Å². The minimum Gasteiger partial charge on any atom is -0.497 e. The molecular weight excluding hydrogens is 408 g/mol. The number of hydrogen-bond acceptors (Lipinski definition) is 4. The lowest BCUT2D eigenvalue weighted by molar-refractivity contribution is -0.147. The Kier molecular flexibility index (Phi) is 5.58. The Balaban J connectivity index is 1.43. The quantitative estimate of drug-likeness (QED) is 0.753. The first-order chi connectivity index (χ1) is 14.9. The van der Waals surface area contributed by atoms with Gasteiger partial charge in [0, 0.05) is 19.0 Å². The fourth-order valence-corrected chi connectivity index (χ4v) is 4.04. The molecule has 2 aromatic rings. The van der Waals surface area contributed by atoms with Crippen molar-refractivity contribution in [1.29, 1.82) is 0 Å². The van der Waals surface area contributed by atoms with Crippen LogP contribution in [0.4, 0.5) is 8.78 Å². The first kappa shape index (κ1) is 20.8. The monoisotopic (exact) mass is 429 g/mol. The molecule has 2 aliphatic rings. The predicted octanol–water partition coefficient (Wildman–Crippen LogP) is 1.41. The zero-order valence-corrected chi connectivity index (χ0v) is 16.7. The molecule has 0 unspecified atom stereocenters. The fourth-order valence-electron chi connectivity index (χ4n) is 4.04. The Morgan fingerprint density at radius 3 is 2.65 bits per heavy atom. The predicted molar refractivity (Wildman–Crippen MR) is 106 cm³/mol. The Morgan fingerprint density at radius 2 is 1.94 bits per heavy atom. The molecule has 2 aromatic carbocycles. The number of carbonyl (C=O) groups excluding carboxylic acids is 3. The number of hydrogen-bond donors (Lipinski definition) is 2. The lowest BCUT2D eigenvalue weighted by Gasteiger charge is -2.34. The molecule has 2 heterocycles. The molecule has 3 amide bonds. The molecule has 0 saturated carbocycles. The molecule has 0 aromatic heterocycles. The molecule has 2 aliphatic heterocycles. The van der Waals surface area contributed by atoms with Crippen LogP contribution >= 0.6 is 0 Å². The maximum Gasteiger partial charge on any atom is 0.254 e. The van der Waals surface area contributed by atoms with Crippen molar-refractivity contribution in [1.82, 2.24) is 15.5 Å². The summed E-state index contributed by atoms with van der Waals surface area (Å²) in [5.41, 5.74) is 0.446. The topological polar surface area (TPSA) is 87.7 Å². The van der Waals surface area contributed by atoms with Gasteiger partial charge in [-0.3, -0.25) is 14.4 Å². The molecule has 0 radical (unpaired) electrons. The van der Waals surface area contributed by atoms with Gasteiger partial charge in [0.15, 0.2) is 11.6 Å². The molecule has 9 heteroatoms. The van der Waals surface area contributed by atoms with Crippen molar-refractivity contribution in [3.63, 3.8) is 0 Å². The van der Waals surface area contributed by atoms with Crippen molar-refractivity contribution in [3.05, 3.63) is 65.2 Å². The summed E-state index contributed by atoms with van der Waals surface area (Å²) in [6.45, 7) is 0.124. The Bertz CT molecular complexity index is 1030. The van der Waals surface area contributed by atoms with E-state index in [2.05, 4.69) is 10.6 Å². The number of amides is 3. The molecule has 2 fully saturated rings. The highest BCUT2D eigenvalue weighted by Crippen LogP contribution is 2.25. The van der Waals surface area contributed by atoms with Crippen molar-refractivity contribution in [2.45, 2.75) is 31.0 Å². The Morgan fingerprint density at radius 1 is 1.19 bits per heavy atom. The average molecular weight is 429 g/mol. The third kappa shape index (κ3) is 4.08. The second kappa shape index (κ2) is 8.33. The molecule has 0 bridgehead atoms.